The van der Waals surface area contributed by atoms with Crippen LogP contribution in [0.1, 0.15) is 15.9 Å². The second-order valence-electron chi connectivity index (χ2n) is 5.42. The number of amides is 1. The largest absolute Gasteiger partial charge is 0.454 e. The summed E-state index contributed by atoms with van der Waals surface area (Å²) in [6.07, 6.45) is 0. The summed E-state index contributed by atoms with van der Waals surface area (Å²) < 4.78 is 16.8. The molecule has 2 aromatic rings. The van der Waals surface area contributed by atoms with Gasteiger partial charge < -0.3 is 19.1 Å². The second kappa shape index (κ2) is 7.68. The molecule has 0 bridgehead atoms. The zero-order valence-electron chi connectivity index (χ0n) is 13.3. The molecule has 0 spiro atoms. The lowest BCUT2D eigenvalue weighted by Crippen LogP contribution is -2.33. The number of methoxy groups -OCH3 is 1. The number of benzene rings is 2. The van der Waals surface area contributed by atoms with Crippen LogP contribution in [-0.2, 0) is 11.3 Å². The molecule has 0 atom stereocenters. The SMILES string of the molecule is COCCN(Cc1ccc2c(c1)OCO2)C(=O)c1cccc(Br)c1. The standard InChI is InChI=1S/C18H18BrNO4/c1-22-8-7-20(18(21)14-3-2-4-15(19)10-14)11-13-5-6-16-17(9-13)24-12-23-16/h2-6,9-10H,7-8,11-12H2,1H3. The van der Waals surface area contributed by atoms with Crippen molar-refractivity contribution in [3.05, 3.63) is 58.1 Å². The van der Waals surface area contributed by atoms with Crippen molar-refractivity contribution in [3.8, 4) is 11.5 Å². The number of carbonyl (C=O) groups is 1. The Morgan fingerprint density at radius 2 is 2.04 bits per heavy atom. The summed E-state index contributed by atoms with van der Waals surface area (Å²) in [5.74, 6) is 1.42. The molecule has 1 aliphatic rings. The van der Waals surface area contributed by atoms with Gasteiger partial charge in [0, 0.05) is 30.2 Å². The van der Waals surface area contributed by atoms with Crippen molar-refractivity contribution in [1.82, 2.24) is 4.90 Å². The first-order chi connectivity index (χ1) is 11.7. The Balaban J connectivity index is 1.79. The van der Waals surface area contributed by atoms with Crippen molar-refractivity contribution in [2.24, 2.45) is 0 Å². The summed E-state index contributed by atoms with van der Waals surface area (Å²) in [6, 6.07) is 13.1. The summed E-state index contributed by atoms with van der Waals surface area (Å²) >= 11 is 3.41. The highest BCUT2D eigenvalue weighted by Crippen LogP contribution is 2.32. The molecule has 0 aromatic heterocycles. The normalized spacial score (nSPS) is 12.2. The van der Waals surface area contributed by atoms with Gasteiger partial charge in [0.15, 0.2) is 11.5 Å². The van der Waals surface area contributed by atoms with Gasteiger partial charge in [0.1, 0.15) is 0 Å². The minimum atomic E-state index is -0.0361. The number of carbonyl (C=O) groups excluding carboxylic acids is 1. The fourth-order valence-electron chi connectivity index (χ4n) is 2.52. The Kier molecular flexibility index (Phi) is 5.37. The minimum Gasteiger partial charge on any atom is -0.454 e. The molecule has 6 heteroatoms. The Hall–Kier alpha value is -2.05. The van der Waals surface area contributed by atoms with Gasteiger partial charge >= 0.3 is 0 Å². The molecular formula is C18H18BrNO4. The highest BCUT2D eigenvalue weighted by Gasteiger charge is 2.19. The van der Waals surface area contributed by atoms with Crippen molar-refractivity contribution in [2.75, 3.05) is 27.1 Å². The molecule has 0 N–H and O–H groups in total. The number of rotatable bonds is 6. The van der Waals surface area contributed by atoms with Gasteiger partial charge in [-0.25, -0.2) is 0 Å². The van der Waals surface area contributed by atoms with E-state index in [1.54, 1.807) is 12.0 Å². The molecule has 0 aliphatic carbocycles. The van der Waals surface area contributed by atoms with Gasteiger partial charge in [-0.1, -0.05) is 28.1 Å². The van der Waals surface area contributed by atoms with Gasteiger partial charge in [-0.05, 0) is 35.9 Å². The third-order valence-electron chi connectivity index (χ3n) is 3.73. The maximum absolute atomic E-state index is 12.8. The quantitative estimate of drug-likeness (QED) is 0.756. The molecule has 5 nitrogen and oxygen atoms in total. The number of halogens is 1. The third kappa shape index (κ3) is 3.88. The van der Waals surface area contributed by atoms with Gasteiger partial charge in [-0.15, -0.1) is 0 Å². The molecule has 0 unspecified atom stereocenters. The summed E-state index contributed by atoms with van der Waals surface area (Å²) in [6.45, 7) is 1.70. The number of fused-ring (bicyclic) bond motifs is 1. The molecule has 0 saturated heterocycles. The van der Waals surface area contributed by atoms with Gasteiger partial charge in [-0.2, -0.15) is 0 Å². The average Bonchev–Trinajstić information content (AvgIpc) is 3.05. The molecule has 1 amide bonds. The van der Waals surface area contributed by atoms with Gasteiger partial charge in [0.25, 0.3) is 5.91 Å². The van der Waals surface area contributed by atoms with E-state index in [0.29, 0.717) is 31.0 Å². The highest BCUT2D eigenvalue weighted by molar-refractivity contribution is 9.10. The van der Waals surface area contributed by atoms with Crippen LogP contribution in [0, 0.1) is 0 Å². The topological polar surface area (TPSA) is 48.0 Å². The summed E-state index contributed by atoms with van der Waals surface area (Å²) in [4.78, 5) is 14.6. The molecule has 126 valence electrons. The van der Waals surface area contributed by atoms with Crippen LogP contribution in [0.25, 0.3) is 0 Å². The first-order valence-electron chi connectivity index (χ1n) is 7.59. The second-order valence-corrected chi connectivity index (χ2v) is 6.33. The van der Waals surface area contributed by atoms with Crippen LogP contribution >= 0.6 is 15.9 Å². The smallest absolute Gasteiger partial charge is 0.254 e. The predicted molar refractivity (Wildman–Crippen MR) is 93.3 cm³/mol. The number of nitrogens with zero attached hydrogens (tertiary/aromatic N) is 1. The zero-order chi connectivity index (χ0) is 16.9. The van der Waals surface area contributed by atoms with Crippen LogP contribution in [-0.4, -0.2) is 37.9 Å². The highest BCUT2D eigenvalue weighted by atomic mass is 79.9. The maximum Gasteiger partial charge on any atom is 0.254 e. The maximum atomic E-state index is 12.8. The van der Waals surface area contributed by atoms with E-state index in [-0.39, 0.29) is 12.7 Å². The van der Waals surface area contributed by atoms with Crippen LogP contribution in [0.4, 0.5) is 0 Å². The molecule has 24 heavy (non-hydrogen) atoms. The Labute approximate surface area is 149 Å². The Bertz CT molecular complexity index is 735. The fourth-order valence-corrected chi connectivity index (χ4v) is 2.92. The van der Waals surface area contributed by atoms with Crippen molar-refractivity contribution in [1.29, 1.82) is 0 Å². The average molecular weight is 392 g/mol. The molecule has 1 aliphatic heterocycles. The zero-order valence-corrected chi connectivity index (χ0v) is 14.9. The first-order valence-corrected chi connectivity index (χ1v) is 8.39. The molecule has 0 saturated carbocycles. The third-order valence-corrected chi connectivity index (χ3v) is 4.23. The first kappa shape index (κ1) is 16.8. The van der Waals surface area contributed by atoms with Crippen LogP contribution < -0.4 is 9.47 Å². The molecular weight excluding hydrogens is 374 g/mol. The summed E-state index contributed by atoms with van der Waals surface area (Å²) in [5.41, 5.74) is 1.62. The van der Waals surface area contributed by atoms with E-state index < -0.39 is 0 Å². The van der Waals surface area contributed by atoms with Crippen LogP contribution in [0.5, 0.6) is 11.5 Å². The van der Waals surface area contributed by atoms with Crippen molar-refractivity contribution in [3.63, 3.8) is 0 Å². The minimum absolute atomic E-state index is 0.0361. The van der Waals surface area contributed by atoms with E-state index in [1.165, 1.54) is 0 Å². The predicted octanol–water partition coefficient (Wildman–Crippen LogP) is 3.47. The van der Waals surface area contributed by atoms with Gasteiger partial charge in [0.2, 0.25) is 6.79 Å². The lowest BCUT2D eigenvalue weighted by molar-refractivity contribution is 0.0680. The lowest BCUT2D eigenvalue weighted by atomic mass is 10.1. The lowest BCUT2D eigenvalue weighted by Gasteiger charge is -2.23. The number of hydrogen-bond donors (Lipinski definition) is 0. The van der Waals surface area contributed by atoms with Gasteiger partial charge in [-0.3, -0.25) is 4.79 Å². The summed E-state index contributed by atoms with van der Waals surface area (Å²) in [5, 5.41) is 0. The molecule has 0 fully saturated rings. The monoisotopic (exact) mass is 391 g/mol. The Morgan fingerprint density at radius 1 is 1.21 bits per heavy atom. The van der Waals surface area contributed by atoms with Gasteiger partial charge in [0.05, 0.1) is 6.61 Å². The fraction of sp³-hybridized carbons (Fsp3) is 0.278. The van der Waals surface area contributed by atoms with Crippen molar-refractivity contribution in [2.45, 2.75) is 6.54 Å². The van der Waals surface area contributed by atoms with E-state index in [4.69, 9.17) is 14.2 Å². The molecule has 0 radical (unpaired) electrons. The van der Waals surface area contributed by atoms with Crippen molar-refractivity contribution >= 4 is 21.8 Å². The number of ether oxygens (including phenoxy) is 3. The summed E-state index contributed by atoms with van der Waals surface area (Å²) in [7, 11) is 1.63. The molecule has 1 heterocycles. The van der Waals surface area contributed by atoms with E-state index in [2.05, 4.69) is 15.9 Å². The Morgan fingerprint density at radius 3 is 2.83 bits per heavy atom. The van der Waals surface area contributed by atoms with Crippen LogP contribution in [0.3, 0.4) is 0 Å². The number of hydrogen-bond acceptors (Lipinski definition) is 4. The van der Waals surface area contributed by atoms with E-state index in [0.717, 1.165) is 15.8 Å². The van der Waals surface area contributed by atoms with E-state index in [9.17, 15) is 4.79 Å². The van der Waals surface area contributed by atoms with Crippen molar-refractivity contribution < 1.29 is 19.0 Å². The molecule has 2 aromatic carbocycles. The van der Waals surface area contributed by atoms with E-state index >= 15 is 0 Å². The molecule has 3 rings (SSSR count). The van der Waals surface area contributed by atoms with Crippen LogP contribution in [0.15, 0.2) is 46.9 Å². The van der Waals surface area contributed by atoms with Crippen LogP contribution in [0.2, 0.25) is 0 Å². The van der Waals surface area contributed by atoms with E-state index in [1.807, 2.05) is 42.5 Å².